The van der Waals surface area contributed by atoms with Crippen LogP contribution in [0.25, 0.3) is 11.3 Å². The zero-order valence-electron chi connectivity index (χ0n) is 10.2. The molecule has 1 amide bonds. The van der Waals surface area contributed by atoms with Gasteiger partial charge in [-0.1, -0.05) is 19.1 Å². The lowest BCUT2D eigenvalue weighted by Gasteiger charge is -2.10. The highest BCUT2D eigenvalue weighted by Crippen LogP contribution is 2.20. The monoisotopic (exact) mass is 244 g/mol. The zero-order chi connectivity index (χ0) is 13.0. The molecule has 0 bridgehead atoms. The smallest absolute Gasteiger partial charge is 0.241 e. The second-order valence-electron chi connectivity index (χ2n) is 4.06. The number of anilines is 1. The molecule has 1 aromatic carbocycles. The molecule has 0 aliphatic carbocycles. The van der Waals surface area contributed by atoms with Crippen LogP contribution in [-0.2, 0) is 4.79 Å². The highest BCUT2D eigenvalue weighted by molar-refractivity contribution is 5.95. The van der Waals surface area contributed by atoms with Gasteiger partial charge in [-0.2, -0.15) is 5.10 Å². The summed E-state index contributed by atoms with van der Waals surface area (Å²) < 4.78 is 0. The molecular weight excluding hydrogens is 228 g/mol. The summed E-state index contributed by atoms with van der Waals surface area (Å²) >= 11 is 0. The van der Waals surface area contributed by atoms with E-state index in [1.165, 1.54) is 0 Å². The summed E-state index contributed by atoms with van der Waals surface area (Å²) in [5.74, 6) is -0.167. The minimum absolute atomic E-state index is 0.167. The standard InChI is InChI=1S/C13H16N4O/c1-2-11(14)13(18)16-10-5-3-4-9(8-10)12-6-7-15-17-12/h3-8,11H,2,14H2,1H3,(H,15,17)(H,16,18)/t11-/m0/s1. The van der Waals surface area contributed by atoms with Gasteiger partial charge >= 0.3 is 0 Å². The van der Waals surface area contributed by atoms with Crippen molar-refractivity contribution in [1.29, 1.82) is 0 Å². The third-order valence-electron chi connectivity index (χ3n) is 2.72. The molecule has 0 saturated heterocycles. The number of hydrogen-bond donors (Lipinski definition) is 3. The van der Waals surface area contributed by atoms with Crippen LogP contribution in [0, 0.1) is 0 Å². The molecule has 5 heteroatoms. The number of nitrogens with two attached hydrogens (primary N) is 1. The first-order valence-electron chi connectivity index (χ1n) is 5.87. The lowest BCUT2D eigenvalue weighted by Crippen LogP contribution is -2.34. The molecule has 0 radical (unpaired) electrons. The van der Waals surface area contributed by atoms with E-state index < -0.39 is 6.04 Å². The molecular formula is C13H16N4O. The average molecular weight is 244 g/mol. The topological polar surface area (TPSA) is 83.8 Å². The van der Waals surface area contributed by atoms with Gasteiger partial charge < -0.3 is 11.1 Å². The molecule has 4 N–H and O–H groups in total. The highest BCUT2D eigenvalue weighted by atomic mass is 16.2. The van der Waals surface area contributed by atoms with E-state index in [1.54, 1.807) is 6.20 Å². The summed E-state index contributed by atoms with van der Waals surface area (Å²) in [6.07, 6.45) is 2.31. The predicted octanol–water partition coefficient (Wildman–Crippen LogP) is 1.75. The Balaban J connectivity index is 2.16. The molecule has 2 rings (SSSR count). The van der Waals surface area contributed by atoms with E-state index in [0.29, 0.717) is 6.42 Å². The Morgan fingerprint density at radius 1 is 1.50 bits per heavy atom. The minimum Gasteiger partial charge on any atom is -0.325 e. The first-order chi connectivity index (χ1) is 8.70. The number of aromatic amines is 1. The molecule has 0 spiro atoms. The Morgan fingerprint density at radius 3 is 3.00 bits per heavy atom. The largest absolute Gasteiger partial charge is 0.325 e. The van der Waals surface area contributed by atoms with Crippen molar-refractivity contribution in [3.05, 3.63) is 36.5 Å². The quantitative estimate of drug-likeness (QED) is 0.766. The maximum absolute atomic E-state index is 11.7. The Kier molecular flexibility index (Phi) is 3.74. The van der Waals surface area contributed by atoms with Crippen LogP contribution in [-0.4, -0.2) is 22.1 Å². The van der Waals surface area contributed by atoms with Crippen LogP contribution in [0.3, 0.4) is 0 Å². The molecule has 18 heavy (non-hydrogen) atoms. The number of hydrogen-bond acceptors (Lipinski definition) is 3. The molecule has 1 heterocycles. The van der Waals surface area contributed by atoms with E-state index in [0.717, 1.165) is 16.9 Å². The van der Waals surface area contributed by atoms with Gasteiger partial charge in [0.1, 0.15) is 0 Å². The van der Waals surface area contributed by atoms with Crippen molar-refractivity contribution >= 4 is 11.6 Å². The fourth-order valence-corrected chi connectivity index (χ4v) is 1.60. The van der Waals surface area contributed by atoms with Crippen LogP contribution in [0.4, 0.5) is 5.69 Å². The molecule has 0 fully saturated rings. The van der Waals surface area contributed by atoms with Crippen molar-refractivity contribution in [2.75, 3.05) is 5.32 Å². The summed E-state index contributed by atoms with van der Waals surface area (Å²) in [4.78, 5) is 11.7. The molecule has 0 aliphatic rings. The first kappa shape index (κ1) is 12.3. The number of H-pyrrole nitrogens is 1. The van der Waals surface area contributed by atoms with E-state index in [4.69, 9.17) is 5.73 Å². The molecule has 1 aromatic heterocycles. The van der Waals surface area contributed by atoms with Gasteiger partial charge in [0, 0.05) is 17.4 Å². The van der Waals surface area contributed by atoms with Gasteiger partial charge in [0.2, 0.25) is 5.91 Å². The molecule has 5 nitrogen and oxygen atoms in total. The predicted molar refractivity (Wildman–Crippen MR) is 70.9 cm³/mol. The molecule has 94 valence electrons. The number of nitrogens with one attached hydrogen (secondary N) is 2. The fourth-order valence-electron chi connectivity index (χ4n) is 1.60. The van der Waals surface area contributed by atoms with E-state index in [-0.39, 0.29) is 5.91 Å². The van der Waals surface area contributed by atoms with Crippen LogP contribution in [0.1, 0.15) is 13.3 Å². The van der Waals surface area contributed by atoms with Gasteiger partial charge in [-0.25, -0.2) is 0 Å². The normalized spacial score (nSPS) is 12.1. The summed E-state index contributed by atoms with van der Waals surface area (Å²) in [5, 5.41) is 9.58. The zero-order valence-corrected chi connectivity index (χ0v) is 10.2. The summed E-state index contributed by atoms with van der Waals surface area (Å²) in [5.41, 5.74) is 8.28. The molecule has 2 aromatic rings. The van der Waals surface area contributed by atoms with Gasteiger partial charge in [-0.3, -0.25) is 9.89 Å². The fraction of sp³-hybridized carbons (Fsp3) is 0.231. The van der Waals surface area contributed by atoms with Crippen molar-refractivity contribution in [3.8, 4) is 11.3 Å². The molecule has 1 atom stereocenters. The maximum Gasteiger partial charge on any atom is 0.241 e. The van der Waals surface area contributed by atoms with Crippen LogP contribution in [0.5, 0.6) is 0 Å². The van der Waals surface area contributed by atoms with E-state index >= 15 is 0 Å². The van der Waals surface area contributed by atoms with Crippen molar-refractivity contribution in [2.45, 2.75) is 19.4 Å². The SMILES string of the molecule is CC[C@H](N)C(=O)Nc1cccc(-c2ccn[nH]2)c1. The summed E-state index contributed by atoms with van der Waals surface area (Å²) in [6, 6.07) is 8.94. The van der Waals surface area contributed by atoms with Crippen LogP contribution in [0.2, 0.25) is 0 Å². The second-order valence-corrected chi connectivity index (χ2v) is 4.06. The number of rotatable bonds is 4. The van der Waals surface area contributed by atoms with Crippen molar-refractivity contribution in [1.82, 2.24) is 10.2 Å². The third-order valence-corrected chi connectivity index (χ3v) is 2.72. The van der Waals surface area contributed by atoms with E-state index in [9.17, 15) is 4.79 Å². The number of aromatic nitrogens is 2. The Labute approximate surface area is 105 Å². The number of carbonyl (C=O) groups excluding carboxylic acids is 1. The average Bonchev–Trinajstić information content (AvgIpc) is 2.92. The number of amides is 1. The Morgan fingerprint density at radius 2 is 2.33 bits per heavy atom. The molecule has 0 unspecified atom stereocenters. The number of benzene rings is 1. The Bertz CT molecular complexity index is 522. The van der Waals surface area contributed by atoms with E-state index in [2.05, 4.69) is 15.5 Å². The number of nitrogens with zero attached hydrogens (tertiary/aromatic N) is 1. The first-order valence-corrected chi connectivity index (χ1v) is 5.87. The molecule has 0 aliphatic heterocycles. The summed E-state index contributed by atoms with van der Waals surface area (Å²) in [6.45, 7) is 1.88. The van der Waals surface area contributed by atoms with Crippen LogP contribution >= 0.6 is 0 Å². The van der Waals surface area contributed by atoms with Crippen molar-refractivity contribution < 1.29 is 4.79 Å². The lowest BCUT2D eigenvalue weighted by atomic mass is 10.1. The van der Waals surface area contributed by atoms with Crippen LogP contribution < -0.4 is 11.1 Å². The second kappa shape index (κ2) is 5.46. The van der Waals surface area contributed by atoms with Crippen molar-refractivity contribution in [2.24, 2.45) is 5.73 Å². The van der Waals surface area contributed by atoms with Gasteiger partial charge in [0.15, 0.2) is 0 Å². The van der Waals surface area contributed by atoms with E-state index in [1.807, 2.05) is 37.3 Å². The van der Waals surface area contributed by atoms with Gasteiger partial charge in [-0.05, 0) is 24.6 Å². The highest BCUT2D eigenvalue weighted by Gasteiger charge is 2.11. The Hall–Kier alpha value is -2.14. The molecule has 0 saturated carbocycles. The third kappa shape index (κ3) is 2.75. The summed E-state index contributed by atoms with van der Waals surface area (Å²) in [7, 11) is 0. The van der Waals surface area contributed by atoms with Gasteiger partial charge in [0.05, 0.1) is 11.7 Å². The van der Waals surface area contributed by atoms with Crippen molar-refractivity contribution in [3.63, 3.8) is 0 Å². The van der Waals surface area contributed by atoms with Crippen LogP contribution in [0.15, 0.2) is 36.5 Å². The maximum atomic E-state index is 11.7. The van der Waals surface area contributed by atoms with Gasteiger partial charge in [0.25, 0.3) is 0 Å². The minimum atomic E-state index is -0.471. The number of carbonyl (C=O) groups is 1. The lowest BCUT2D eigenvalue weighted by molar-refractivity contribution is -0.117. The van der Waals surface area contributed by atoms with Gasteiger partial charge in [-0.15, -0.1) is 0 Å².